The largest absolute Gasteiger partial charge is 0.497 e. The summed E-state index contributed by atoms with van der Waals surface area (Å²) < 4.78 is 32.5. The molecule has 0 spiro atoms. The van der Waals surface area contributed by atoms with Gasteiger partial charge in [-0.1, -0.05) is 30.3 Å². The molecule has 0 aliphatic heterocycles. The molecule has 8 heteroatoms. The average Bonchev–Trinajstić information content (AvgIpc) is 3.19. The number of rotatable bonds is 7. The van der Waals surface area contributed by atoms with Gasteiger partial charge in [-0.25, -0.2) is 13.1 Å². The predicted molar refractivity (Wildman–Crippen MR) is 106 cm³/mol. The van der Waals surface area contributed by atoms with Gasteiger partial charge in [-0.05, 0) is 35.9 Å². The highest BCUT2D eigenvalue weighted by atomic mass is 32.2. The van der Waals surface area contributed by atoms with E-state index in [-0.39, 0.29) is 17.3 Å². The van der Waals surface area contributed by atoms with Crippen molar-refractivity contribution in [3.05, 3.63) is 76.5 Å². The molecule has 140 valence electrons. The van der Waals surface area contributed by atoms with E-state index in [9.17, 15) is 13.2 Å². The van der Waals surface area contributed by atoms with Gasteiger partial charge in [-0.2, -0.15) is 0 Å². The Morgan fingerprint density at radius 3 is 2.44 bits per heavy atom. The number of sulfonamides is 1. The monoisotopic (exact) mass is 402 g/mol. The zero-order valence-corrected chi connectivity index (χ0v) is 16.1. The Kier molecular flexibility index (Phi) is 5.90. The molecule has 27 heavy (non-hydrogen) atoms. The fourth-order valence-electron chi connectivity index (χ4n) is 2.30. The zero-order chi connectivity index (χ0) is 19.3. The van der Waals surface area contributed by atoms with Crippen molar-refractivity contribution < 1.29 is 17.9 Å². The fourth-order valence-corrected chi connectivity index (χ4v) is 4.48. The normalized spacial score (nSPS) is 11.1. The maximum absolute atomic E-state index is 12.5. The van der Waals surface area contributed by atoms with Crippen LogP contribution in [0.1, 0.15) is 15.2 Å². The molecule has 3 aromatic rings. The molecule has 2 N–H and O–H groups in total. The van der Waals surface area contributed by atoms with Crippen molar-refractivity contribution in [3.63, 3.8) is 0 Å². The predicted octanol–water partition coefficient (Wildman–Crippen LogP) is 3.49. The highest BCUT2D eigenvalue weighted by Crippen LogP contribution is 2.21. The van der Waals surface area contributed by atoms with Gasteiger partial charge in [0.2, 0.25) is 10.0 Å². The molecule has 0 aliphatic rings. The van der Waals surface area contributed by atoms with Gasteiger partial charge >= 0.3 is 0 Å². The molecule has 3 rings (SSSR count). The lowest BCUT2D eigenvalue weighted by molar-refractivity contribution is 0.103. The summed E-state index contributed by atoms with van der Waals surface area (Å²) in [7, 11) is -2.14. The first-order chi connectivity index (χ1) is 13.0. The quantitative estimate of drug-likeness (QED) is 0.634. The molecule has 0 fully saturated rings. The van der Waals surface area contributed by atoms with Crippen LogP contribution in [0.15, 0.2) is 70.9 Å². The van der Waals surface area contributed by atoms with Crippen molar-refractivity contribution in [1.29, 1.82) is 0 Å². The van der Waals surface area contributed by atoms with Crippen LogP contribution in [0.4, 0.5) is 5.69 Å². The summed E-state index contributed by atoms with van der Waals surface area (Å²) >= 11 is 1.08. The third-order valence-corrected chi connectivity index (χ3v) is 6.23. The number of nitrogens with one attached hydrogen (secondary N) is 2. The van der Waals surface area contributed by atoms with E-state index >= 15 is 0 Å². The van der Waals surface area contributed by atoms with Crippen LogP contribution in [0, 0.1) is 0 Å². The Morgan fingerprint density at radius 1 is 1.07 bits per heavy atom. The minimum atomic E-state index is -3.71. The van der Waals surface area contributed by atoms with E-state index < -0.39 is 10.0 Å². The highest BCUT2D eigenvalue weighted by molar-refractivity contribution is 7.89. The third-order valence-electron chi connectivity index (χ3n) is 3.77. The molecular formula is C19H18N2O4S2. The average molecular weight is 402 g/mol. The number of methoxy groups -OCH3 is 1. The lowest BCUT2D eigenvalue weighted by atomic mass is 10.2. The fraction of sp³-hybridized carbons (Fsp3) is 0.105. The van der Waals surface area contributed by atoms with Crippen molar-refractivity contribution >= 4 is 33.0 Å². The molecular weight excluding hydrogens is 384 g/mol. The van der Waals surface area contributed by atoms with E-state index in [1.165, 1.54) is 11.4 Å². The molecule has 1 heterocycles. The molecule has 0 atom stereocenters. The van der Waals surface area contributed by atoms with Gasteiger partial charge in [0.05, 0.1) is 16.9 Å². The first-order valence-electron chi connectivity index (χ1n) is 8.05. The van der Waals surface area contributed by atoms with E-state index in [2.05, 4.69) is 10.0 Å². The number of ether oxygens (including phenoxy) is 1. The van der Waals surface area contributed by atoms with E-state index in [4.69, 9.17) is 4.74 Å². The van der Waals surface area contributed by atoms with Crippen molar-refractivity contribution in [2.45, 2.75) is 11.4 Å². The topological polar surface area (TPSA) is 84.5 Å². The van der Waals surface area contributed by atoms with E-state index in [1.54, 1.807) is 43.5 Å². The summed E-state index contributed by atoms with van der Waals surface area (Å²) in [5.74, 6) is 0.358. The van der Waals surface area contributed by atoms with Crippen LogP contribution in [-0.4, -0.2) is 21.4 Å². The van der Waals surface area contributed by atoms with Gasteiger partial charge in [0.1, 0.15) is 5.75 Å². The van der Waals surface area contributed by atoms with Crippen LogP contribution in [0.25, 0.3) is 0 Å². The van der Waals surface area contributed by atoms with Crippen molar-refractivity contribution in [2.75, 3.05) is 12.4 Å². The first kappa shape index (κ1) is 19.1. The molecule has 6 nitrogen and oxygen atoms in total. The number of anilines is 1. The summed E-state index contributed by atoms with van der Waals surface area (Å²) in [6.07, 6.45) is 0. The maximum Gasteiger partial charge on any atom is 0.265 e. The third kappa shape index (κ3) is 4.94. The van der Waals surface area contributed by atoms with Gasteiger partial charge in [0.15, 0.2) is 0 Å². The van der Waals surface area contributed by atoms with Gasteiger partial charge in [-0.15, -0.1) is 11.3 Å². The molecule has 0 aliphatic carbocycles. The SMILES string of the molecule is COc1ccc(CNS(=O)(=O)c2csc(C(=O)Nc3ccccc3)c2)cc1. The van der Waals surface area contributed by atoms with Gasteiger partial charge in [-0.3, -0.25) is 4.79 Å². The van der Waals surface area contributed by atoms with Crippen LogP contribution < -0.4 is 14.8 Å². The molecule has 1 amide bonds. The second kappa shape index (κ2) is 8.34. The number of thiophene rings is 1. The number of hydrogen-bond acceptors (Lipinski definition) is 5. The number of para-hydroxylation sites is 1. The summed E-state index contributed by atoms with van der Waals surface area (Å²) in [6, 6.07) is 17.5. The van der Waals surface area contributed by atoms with E-state index in [0.717, 1.165) is 16.9 Å². The summed E-state index contributed by atoms with van der Waals surface area (Å²) in [5.41, 5.74) is 1.45. The Morgan fingerprint density at radius 2 is 1.78 bits per heavy atom. The lowest BCUT2D eigenvalue weighted by Crippen LogP contribution is -2.22. The Labute approximate surface area is 161 Å². The molecule has 0 unspecified atom stereocenters. The Balaban J connectivity index is 1.65. The zero-order valence-electron chi connectivity index (χ0n) is 14.5. The minimum Gasteiger partial charge on any atom is -0.497 e. The van der Waals surface area contributed by atoms with Crippen LogP contribution in [0.2, 0.25) is 0 Å². The second-order valence-electron chi connectivity index (χ2n) is 5.64. The smallest absolute Gasteiger partial charge is 0.265 e. The number of carbonyl (C=O) groups excluding carboxylic acids is 1. The van der Waals surface area contributed by atoms with Crippen LogP contribution in [-0.2, 0) is 16.6 Å². The highest BCUT2D eigenvalue weighted by Gasteiger charge is 2.18. The van der Waals surface area contributed by atoms with Crippen molar-refractivity contribution in [2.24, 2.45) is 0 Å². The molecule has 0 radical (unpaired) electrons. The van der Waals surface area contributed by atoms with E-state index in [1.807, 2.05) is 18.2 Å². The molecule has 0 saturated carbocycles. The summed E-state index contributed by atoms with van der Waals surface area (Å²) in [6.45, 7) is 0.147. The van der Waals surface area contributed by atoms with E-state index in [0.29, 0.717) is 16.3 Å². The molecule has 2 aromatic carbocycles. The van der Waals surface area contributed by atoms with Gasteiger partial charge < -0.3 is 10.1 Å². The van der Waals surface area contributed by atoms with Crippen molar-refractivity contribution in [3.8, 4) is 5.75 Å². The number of carbonyl (C=O) groups is 1. The number of hydrogen-bond donors (Lipinski definition) is 2. The minimum absolute atomic E-state index is 0.0687. The van der Waals surface area contributed by atoms with Crippen LogP contribution >= 0.6 is 11.3 Å². The standard InChI is InChI=1S/C19H18N2O4S2/c1-25-16-9-7-14(8-10-16)12-20-27(23,24)17-11-18(26-13-17)19(22)21-15-5-3-2-4-6-15/h2-11,13,20H,12H2,1H3,(H,21,22). The molecule has 0 saturated heterocycles. The van der Waals surface area contributed by atoms with Gasteiger partial charge in [0, 0.05) is 17.6 Å². The maximum atomic E-state index is 12.5. The Bertz CT molecular complexity index is 1010. The van der Waals surface area contributed by atoms with Crippen LogP contribution in [0.5, 0.6) is 5.75 Å². The Hall–Kier alpha value is -2.68. The lowest BCUT2D eigenvalue weighted by Gasteiger charge is -2.06. The van der Waals surface area contributed by atoms with Crippen molar-refractivity contribution in [1.82, 2.24) is 4.72 Å². The number of benzene rings is 2. The summed E-state index contributed by atoms with van der Waals surface area (Å²) in [4.78, 5) is 12.7. The van der Waals surface area contributed by atoms with Crippen LogP contribution in [0.3, 0.4) is 0 Å². The molecule has 0 bridgehead atoms. The number of amides is 1. The second-order valence-corrected chi connectivity index (χ2v) is 8.32. The molecule has 1 aromatic heterocycles. The first-order valence-corrected chi connectivity index (χ1v) is 10.4. The summed E-state index contributed by atoms with van der Waals surface area (Å²) in [5, 5.41) is 4.19. The van der Waals surface area contributed by atoms with Gasteiger partial charge in [0.25, 0.3) is 5.91 Å².